The van der Waals surface area contributed by atoms with E-state index in [0.29, 0.717) is 6.04 Å². The number of aromatic nitrogens is 3. The Kier molecular flexibility index (Phi) is 4.17. The average Bonchev–Trinajstić information content (AvgIpc) is 2.91. The van der Waals surface area contributed by atoms with Crippen molar-refractivity contribution >= 4 is 34.4 Å². The summed E-state index contributed by atoms with van der Waals surface area (Å²) < 4.78 is 2.16. The minimum Gasteiger partial charge on any atom is -0.328 e. The number of imidazole rings is 1. The van der Waals surface area contributed by atoms with Crippen LogP contribution in [0.25, 0.3) is 11.0 Å². The molecule has 0 atom stereocenters. The summed E-state index contributed by atoms with van der Waals surface area (Å²) in [6.07, 6.45) is 3.73. The van der Waals surface area contributed by atoms with Gasteiger partial charge >= 0.3 is 0 Å². The number of benzene rings is 1. The average molecular weight is 318 g/mol. The summed E-state index contributed by atoms with van der Waals surface area (Å²) in [7, 11) is 0. The van der Waals surface area contributed by atoms with Gasteiger partial charge in [0.25, 0.3) is 0 Å². The van der Waals surface area contributed by atoms with Crippen LogP contribution in [0.1, 0.15) is 25.5 Å². The Bertz CT molecular complexity index is 767. The molecular formula is C16H16ClN3S. The molecule has 0 radical (unpaired) electrons. The zero-order valence-electron chi connectivity index (χ0n) is 12.0. The molecule has 0 aliphatic carbocycles. The summed E-state index contributed by atoms with van der Waals surface area (Å²) >= 11 is 7.87. The number of hydrogen-bond donors (Lipinski definition) is 0. The van der Waals surface area contributed by atoms with Crippen molar-refractivity contribution in [2.75, 3.05) is 0 Å². The van der Waals surface area contributed by atoms with Gasteiger partial charge in [-0.25, -0.2) is 9.97 Å². The van der Waals surface area contributed by atoms with E-state index >= 15 is 0 Å². The van der Waals surface area contributed by atoms with Crippen LogP contribution < -0.4 is 0 Å². The first-order valence-corrected chi connectivity index (χ1v) is 8.21. The number of fused-ring (bicyclic) bond motifs is 1. The fourth-order valence-corrected chi connectivity index (χ4v) is 3.47. The largest absolute Gasteiger partial charge is 0.328 e. The van der Waals surface area contributed by atoms with Crippen LogP contribution in [0, 0.1) is 0 Å². The second-order valence-electron chi connectivity index (χ2n) is 5.11. The number of halogens is 1. The molecule has 0 saturated carbocycles. The topological polar surface area (TPSA) is 30.7 Å². The van der Waals surface area contributed by atoms with Crippen molar-refractivity contribution in [1.29, 1.82) is 0 Å². The number of nitrogens with zero attached hydrogens (tertiary/aromatic N) is 3. The quantitative estimate of drug-likeness (QED) is 0.637. The van der Waals surface area contributed by atoms with Gasteiger partial charge in [0.15, 0.2) is 0 Å². The molecular weight excluding hydrogens is 302 g/mol. The predicted octanol–water partition coefficient (Wildman–Crippen LogP) is 4.96. The van der Waals surface area contributed by atoms with Crippen LogP contribution >= 0.6 is 23.4 Å². The third-order valence-electron chi connectivity index (χ3n) is 3.34. The molecule has 3 nitrogen and oxygen atoms in total. The van der Waals surface area contributed by atoms with Gasteiger partial charge in [-0.2, -0.15) is 0 Å². The lowest BCUT2D eigenvalue weighted by atomic mass is 10.2. The molecule has 1 aromatic carbocycles. The minimum atomic E-state index is 0.388. The molecule has 2 aromatic heterocycles. The van der Waals surface area contributed by atoms with Gasteiger partial charge in [0.05, 0.1) is 11.8 Å². The zero-order chi connectivity index (χ0) is 14.8. The highest BCUT2D eigenvalue weighted by Gasteiger charge is 2.11. The Morgan fingerprint density at radius 2 is 2.00 bits per heavy atom. The maximum Gasteiger partial charge on any atom is 0.124 e. The van der Waals surface area contributed by atoms with E-state index in [1.807, 2.05) is 42.9 Å². The van der Waals surface area contributed by atoms with E-state index in [1.165, 1.54) is 0 Å². The van der Waals surface area contributed by atoms with Crippen molar-refractivity contribution in [3.05, 3.63) is 53.4 Å². The van der Waals surface area contributed by atoms with Crippen LogP contribution in [0.3, 0.4) is 0 Å². The van der Waals surface area contributed by atoms with E-state index in [2.05, 4.69) is 28.4 Å². The van der Waals surface area contributed by atoms with Gasteiger partial charge in [-0.05, 0) is 31.5 Å². The van der Waals surface area contributed by atoms with E-state index in [4.69, 9.17) is 11.6 Å². The summed E-state index contributed by atoms with van der Waals surface area (Å²) in [6.45, 7) is 4.30. The van der Waals surface area contributed by atoms with Gasteiger partial charge in [-0.15, -0.1) is 0 Å². The Hall–Kier alpha value is -1.52. The van der Waals surface area contributed by atoms with Gasteiger partial charge in [-0.3, -0.25) is 0 Å². The summed E-state index contributed by atoms with van der Waals surface area (Å²) in [5.74, 6) is 0.792. The Morgan fingerprint density at radius 3 is 2.76 bits per heavy atom. The molecule has 5 heteroatoms. The Balaban J connectivity index is 1.89. The Morgan fingerprint density at radius 1 is 1.19 bits per heavy atom. The lowest BCUT2D eigenvalue weighted by Gasteiger charge is -2.08. The number of rotatable bonds is 4. The molecule has 21 heavy (non-hydrogen) atoms. The predicted molar refractivity (Wildman–Crippen MR) is 88.9 cm³/mol. The molecule has 0 bridgehead atoms. The van der Waals surface area contributed by atoms with Gasteiger partial charge < -0.3 is 4.57 Å². The molecule has 0 spiro atoms. The lowest BCUT2D eigenvalue weighted by molar-refractivity contribution is 0.617. The van der Waals surface area contributed by atoms with Crippen LogP contribution in [0.5, 0.6) is 0 Å². The highest BCUT2D eigenvalue weighted by molar-refractivity contribution is 7.98. The smallest absolute Gasteiger partial charge is 0.124 e. The molecule has 0 saturated heterocycles. The molecule has 0 amide bonds. The van der Waals surface area contributed by atoms with E-state index in [9.17, 15) is 0 Å². The monoisotopic (exact) mass is 317 g/mol. The summed E-state index contributed by atoms with van der Waals surface area (Å²) in [5.41, 5.74) is 3.20. The van der Waals surface area contributed by atoms with Crippen molar-refractivity contribution in [1.82, 2.24) is 14.5 Å². The molecule has 2 heterocycles. The molecule has 108 valence electrons. The number of thioether (sulfide) groups is 1. The van der Waals surface area contributed by atoms with E-state index in [0.717, 1.165) is 32.4 Å². The normalized spacial score (nSPS) is 11.4. The number of hydrogen-bond acceptors (Lipinski definition) is 3. The SMILES string of the molecule is CC(C)n1cnc2c(SCc3ccccc3Cl)nccc21. The van der Waals surface area contributed by atoms with Crippen molar-refractivity contribution < 1.29 is 0 Å². The molecule has 3 rings (SSSR count). The third-order valence-corrected chi connectivity index (χ3v) is 4.73. The minimum absolute atomic E-state index is 0.388. The van der Waals surface area contributed by atoms with Crippen LogP contribution in [0.15, 0.2) is 47.9 Å². The maximum atomic E-state index is 6.20. The molecule has 3 aromatic rings. The summed E-state index contributed by atoms with van der Waals surface area (Å²) in [5, 5.41) is 1.75. The van der Waals surface area contributed by atoms with Gasteiger partial charge in [0.2, 0.25) is 0 Å². The molecule has 0 aliphatic rings. The first-order chi connectivity index (χ1) is 10.2. The fourth-order valence-electron chi connectivity index (χ4n) is 2.22. The molecule has 0 unspecified atom stereocenters. The standard InChI is InChI=1S/C16H16ClN3S/c1-11(2)20-10-19-15-14(20)7-8-18-16(15)21-9-12-5-3-4-6-13(12)17/h3-8,10-11H,9H2,1-2H3. The zero-order valence-corrected chi connectivity index (χ0v) is 13.5. The van der Waals surface area contributed by atoms with Crippen LogP contribution in [0.4, 0.5) is 0 Å². The first kappa shape index (κ1) is 14.4. The van der Waals surface area contributed by atoms with Crippen LogP contribution in [-0.2, 0) is 5.75 Å². The van der Waals surface area contributed by atoms with E-state index in [-0.39, 0.29) is 0 Å². The third kappa shape index (κ3) is 2.92. The molecule has 0 N–H and O–H groups in total. The van der Waals surface area contributed by atoms with Crippen molar-refractivity contribution in [3.8, 4) is 0 Å². The first-order valence-electron chi connectivity index (χ1n) is 6.84. The van der Waals surface area contributed by atoms with E-state index < -0.39 is 0 Å². The fraction of sp³-hybridized carbons (Fsp3) is 0.250. The van der Waals surface area contributed by atoms with Crippen molar-refractivity contribution in [2.24, 2.45) is 0 Å². The van der Waals surface area contributed by atoms with Gasteiger partial charge in [0, 0.05) is 23.0 Å². The summed E-state index contributed by atoms with van der Waals surface area (Å²) in [4.78, 5) is 8.99. The highest BCUT2D eigenvalue weighted by Crippen LogP contribution is 2.30. The highest BCUT2D eigenvalue weighted by atomic mass is 35.5. The second kappa shape index (κ2) is 6.08. The lowest BCUT2D eigenvalue weighted by Crippen LogP contribution is -1.98. The number of pyridine rings is 1. The molecule has 0 aliphatic heterocycles. The van der Waals surface area contributed by atoms with Crippen LogP contribution in [0.2, 0.25) is 5.02 Å². The summed E-state index contributed by atoms with van der Waals surface area (Å²) in [6, 6.07) is 10.3. The molecule has 0 fully saturated rings. The Labute approximate surface area is 133 Å². The van der Waals surface area contributed by atoms with E-state index in [1.54, 1.807) is 11.8 Å². The van der Waals surface area contributed by atoms with Crippen LogP contribution in [-0.4, -0.2) is 14.5 Å². The van der Waals surface area contributed by atoms with Gasteiger partial charge in [0.1, 0.15) is 10.5 Å². The van der Waals surface area contributed by atoms with Crippen molar-refractivity contribution in [2.45, 2.75) is 30.7 Å². The second-order valence-corrected chi connectivity index (χ2v) is 6.48. The maximum absolute atomic E-state index is 6.20. The van der Waals surface area contributed by atoms with Crippen molar-refractivity contribution in [3.63, 3.8) is 0 Å². The van der Waals surface area contributed by atoms with Gasteiger partial charge in [-0.1, -0.05) is 41.6 Å².